The van der Waals surface area contributed by atoms with Gasteiger partial charge in [-0.1, -0.05) is 37.6 Å². The van der Waals surface area contributed by atoms with E-state index in [0.717, 1.165) is 24.0 Å². The Bertz CT molecular complexity index is 468. The second-order valence-corrected chi connectivity index (χ2v) is 6.89. The summed E-state index contributed by atoms with van der Waals surface area (Å²) in [4.78, 5) is 0. The van der Waals surface area contributed by atoms with Crippen molar-refractivity contribution in [2.75, 3.05) is 18.6 Å². The van der Waals surface area contributed by atoms with Gasteiger partial charge in [0, 0.05) is 6.04 Å². The molecule has 0 heterocycles. The van der Waals surface area contributed by atoms with E-state index in [1.54, 1.807) is 0 Å². The SMILES string of the molecule is CCCCS(=O)(=O)CC(NC)c1ccccc1C. The lowest BCUT2D eigenvalue weighted by molar-refractivity contribution is 0.570. The first-order valence-corrected chi connectivity index (χ1v) is 8.25. The zero-order valence-electron chi connectivity index (χ0n) is 11.4. The van der Waals surface area contributed by atoms with Crippen molar-refractivity contribution < 1.29 is 8.42 Å². The summed E-state index contributed by atoms with van der Waals surface area (Å²) in [6.07, 6.45) is 1.65. The molecule has 0 spiro atoms. The second kappa shape index (κ2) is 6.90. The molecule has 102 valence electrons. The number of sulfone groups is 1. The standard InChI is InChI=1S/C14H23NO2S/c1-4-5-10-18(16,17)11-14(15-3)13-9-7-6-8-12(13)2/h6-9,14-15H,4-5,10-11H2,1-3H3. The summed E-state index contributed by atoms with van der Waals surface area (Å²) in [7, 11) is -1.17. The van der Waals surface area contributed by atoms with Crippen LogP contribution in [0.15, 0.2) is 24.3 Å². The van der Waals surface area contributed by atoms with Crippen molar-refractivity contribution in [2.24, 2.45) is 0 Å². The fourth-order valence-corrected chi connectivity index (χ4v) is 3.76. The molecular weight excluding hydrogens is 246 g/mol. The summed E-state index contributed by atoms with van der Waals surface area (Å²) in [6, 6.07) is 7.81. The molecule has 0 bridgehead atoms. The number of rotatable bonds is 7. The molecule has 3 nitrogen and oxygen atoms in total. The third kappa shape index (κ3) is 4.42. The maximum absolute atomic E-state index is 12.0. The highest BCUT2D eigenvalue weighted by atomic mass is 32.2. The molecule has 0 saturated carbocycles. The van der Waals surface area contributed by atoms with Crippen LogP contribution >= 0.6 is 0 Å². The third-order valence-electron chi connectivity index (χ3n) is 3.14. The van der Waals surface area contributed by atoms with E-state index in [4.69, 9.17) is 0 Å². The average Bonchev–Trinajstić information content (AvgIpc) is 2.34. The molecule has 0 aliphatic heterocycles. The first-order chi connectivity index (χ1) is 8.50. The van der Waals surface area contributed by atoms with Crippen molar-refractivity contribution in [1.82, 2.24) is 5.32 Å². The van der Waals surface area contributed by atoms with E-state index >= 15 is 0 Å². The van der Waals surface area contributed by atoms with Gasteiger partial charge < -0.3 is 5.32 Å². The predicted octanol–water partition coefficient (Wildman–Crippen LogP) is 2.47. The Morgan fingerprint density at radius 1 is 1.28 bits per heavy atom. The lowest BCUT2D eigenvalue weighted by atomic mass is 10.0. The smallest absolute Gasteiger partial charge is 0.152 e. The van der Waals surface area contributed by atoms with E-state index in [1.807, 2.05) is 45.2 Å². The number of hydrogen-bond acceptors (Lipinski definition) is 3. The van der Waals surface area contributed by atoms with Gasteiger partial charge in [0.2, 0.25) is 0 Å². The van der Waals surface area contributed by atoms with Gasteiger partial charge in [0.15, 0.2) is 9.84 Å². The molecule has 1 atom stereocenters. The molecule has 18 heavy (non-hydrogen) atoms. The summed E-state index contributed by atoms with van der Waals surface area (Å²) < 4.78 is 24.0. The lowest BCUT2D eigenvalue weighted by Gasteiger charge is -2.18. The van der Waals surface area contributed by atoms with Crippen LogP contribution in [0.5, 0.6) is 0 Å². The molecule has 0 amide bonds. The van der Waals surface area contributed by atoms with Gasteiger partial charge in [-0.2, -0.15) is 0 Å². The zero-order valence-corrected chi connectivity index (χ0v) is 12.3. The molecule has 1 rings (SSSR count). The van der Waals surface area contributed by atoms with Crippen LogP contribution in [0.3, 0.4) is 0 Å². The molecular formula is C14H23NO2S. The minimum absolute atomic E-state index is 0.118. The van der Waals surface area contributed by atoms with Gasteiger partial charge in [0.1, 0.15) is 0 Å². The normalized spacial score (nSPS) is 13.5. The van der Waals surface area contributed by atoms with Crippen molar-refractivity contribution in [1.29, 1.82) is 0 Å². The van der Waals surface area contributed by atoms with E-state index in [0.29, 0.717) is 0 Å². The third-order valence-corrected chi connectivity index (χ3v) is 4.89. The second-order valence-electron chi connectivity index (χ2n) is 4.67. The number of benzene rings is 1. The van der Waals surface area contributed by atoms with Crippen LogP contribution < -0.4 is 5.32 Å². The van der Waals surface area contributed by atoms with Crippen molar-refractivity contribution >= 4 is 9.84 Å². The van der Waals surface area contributed by atoms with Crippen LogP contribution in [-0.4, -0.2) is 27.0 Å². The molecule has 1 unspecified atom stereocenters. The number of unbranched alkanes of at least 4 members (excludes halogenated alkanes) is 1. The Labute approximate surface area is 111 Å². The van der Waals surface area contributed by atoms with E-state index in [9.17, 15) is 8.42 Å². The Morgan fingerprint density at radius 2 is 1.94 bits per heavy atom. The largest absolute Gasteiger partial charge is 0.312 e. The van der Waals surface area contributed by atoms with Crippen LogP contribution in [0.1, 0.15) is 36.9 Å². The molecule has 0 fully saturated rings. The Balaban J connectivity index is 2.83. The molecule has 0 saturated heterocycles. The molecule has 0 radical (unpaired) electrons. The Kier molecular flexibility index (Phi) is 5.82. The summed E-state index contributed by atoms with van der Waals surface area (Å²) in [5.74, 6) is 0.460. The van der Waals surface area contributed by atoms with Crippen molar-refractivity contribution in [3.05, 3.63) is 35.4 Å². The highest BCUT2D eigenvalue weighted by molar-refractivity contribution is 7.91. The van der Waals surface area contributed by atoms with Crippen LogP contribution in [-0.2, 0) is 9.84 Å². The monoisotopic (exact) mass is 269 g/mol. The van der Waals surface area contributed by atoms with Gasteiger partial charge in [-0.3, -0.25) is 0 Å². The van der Waals surface area contributed by atoms with Gasteiger partial charge in [0.25, 0.3) is 0 Å². The van der Waals surface area contributed by atoms with Gasteiger partial charge in [0.05, 0.1) is 11.5 Å². The van der Waals surface area contributed by atoms with Crippen LogP contribution in [0.2, 0.25) is 0 Å². The first-order valence-electron chi connectivity index (χ1n) is 6.43. The quantitative estimate of drug-likeness (QED) is 0.827. The maximum Gasteiger partial charge on any atom is 0.152 e. The summed E-state index contributed by atoms with van der Waals surface area (Å²) in [5.41, 5.74) is 2.20. The highest BCUT2D eigenvalue weighted by Crippen LogP contribution is 2.19. The minimum Gasteiger partial charge on any atom is -0.312 e. The number of hydrogen-bond donors (Lipinski definition) is 1. The van der Waals surface area contributed by atoms with Crippen molar-refractivity contribution in [3.63, 3.8) is 0 Å². The minimum atomic E-state index is -2.98. The van der Waals surface area contributed by atoms with Gasteiger partial charge in [-0.05, 0) is 31.5 Å². The fourth-order valence-electron chi connectivity index (χ4n) is 2.01. The Hall–Kier alpha value is -0.870. The predicted molar refractivity (Wildman–Crippen MR) is 76.5 cm³/mol. The van der Waals surface area contributed by atoms with Crippen LogP contribution in [0.25, 0.3) is 0 Å². The van der Waals surface area contributed by atoms with Crippen LogP contribution in [0, 0.1) is 6.92 Å². The van der Waals surface area contributed by atoms with Crippen molar-refractivity contribution in [3.8, 4) is 0 Å². The zero-order chi connectivity index (χ0) is 13.6. The van der Waals surface area contributed by atoms with E-state index in [2.05, 4.69) is 5.32 Å². The van der Waals surface area contributed by atoms with Gasteiger partial charge in [-0.15, -0.1) is 0 Å². The van der Waals surface area contributed by atoms with E-state index in [-0.39, 0.29) is 17.5 Å². The topological polar surface area (TPSA) is 46.2 Å². The number of nitrogens with one attached hydrogen (secondary N) is 1. The van der Waals surface area contributed by atoms with E-state index in [1.165, 1.54) is 0 Å². The Morgan fingerprint density at radius 3 is 2.50 bits per heavy atom. The number of aryl methyl sites for hydroxylation is 1. The molecule has 4 heteroatoms. The van der Waals surface area contributed by atoms with Gasteiger partial charge >= 0.3 is 0 Å². The summed E-state index contributed by atoms with van der Waals surface area (Å²) in [5, 5.41) is 3.11. The molecule has 1 aromatic carbocycles. The molecule has 0 aliphatic rings. The van der Waals surface area contributed by atoms with E-state index < -0.39 is 9.84 Å². The summed E-state index contributed by atoms with van der Waals surface area (Å²) >= 11 is 0. The molecule has 0 aromatic heterocycles. The first kappa shape index (κ1) is 15.2. The average molecular weight is 269 g/mol. The molecule has 1 N–H and O–H groups in total. The fraction of sp³-hybridized carbons (Fsp3) is 0.571. The van der Waals surface area contributed by atoms with Crippen LogP contribution in [0.4, 0.5) is 0 Å². The van der Waals surface area contributed by atoms with Gasteiger partial charge in [-0.25, -0.2) is 8.42 Å². The highest BCUT2D eigenvalue weighted by Gasteiger charge is 2.20. The lowest BCUT2D eigenvalue weighted by Crippen LogP contribution is -2.27. The summed E-state index contributed by atoms with van der Waals surface area (Å²) in [6.45, 7) is 4.02. The molecule has 0 aliphatic carbocycles. The van der Waals surface area contributed by atoms with Crippen molar-refractivity contribution in [2.45, 2.75) is 32.7 Å². The maximum atomic E-state index is 12.0. The molecule has 1 aromatic rings.